The van der Waals surface area contributed by atoms with Crippen LogP contribution in [0.25, 0.3) is 0 Å². The van der Waals surface area contributed by atoms with Gasteiger partial charge in [0, 0.05) is 23.3 Å². The maximum atomic E-state index is 5.61. The van der Waals surface area contributed by atoms with Crippen molar-refractivity contribution in [3.05, 3.63) is 46.6 Å². The lowest BCUT2D eigenvalue weighted by atomic mass is 10.2. The van der Waals surface area contributed by atoms with E-state index in [-0.39, 0.29) is 0 Å². The molecular weight excluding hydrogens is 294 g/mol. The van der Waals surface area contributed by atoms with Crippen molar-refractivity contribution in [1.29, 1.82) is 0 Å². The van der Waals surface area contributed by atoms with Crippen molar-refractivity contribution in [1.82, 2.24) is 9.97 Å². The first-order chi connectivity index (χ1) is 8.78. The van der Waals surface area contributed by atoms with E-state index >= 15 is 0 Å². The van der Waals surface area contributed by atoms with Crippen molar-refractivity contribution >= 4 is 21.9 Å². The molecule has 0 atom stereocenters. The fourth-order valence-electron chi connectivity index (χ4n) is 1.40. The molecule has 0 fully saturated rings. The number of benzene rings is 1. The lowest BCUT2D eigenvalue weighted by Gasteiger charge is -2.07. The molecule has 4 nitrogen and oxygen atoms in total. The standard InChI is InChI=1S/C13H14BrN3O/c1-2-15-13-16-8-7-12(17-13)18-9-10-3-5-11(14)6-4-10/h3-8H,2,9H2,1H3,(H,15,16,17). The van der Waals surface area contributed by atoms with Crippen molar-refractivity contribution in [2.24, 2.45) is 0 Å². The van der Waals surface area contributed by atoms with Crippen molar-refractivity contribution in [3.63, 3.8) is 0 Å². The second kappa shape index (κ2) is 6.35. The highest BCUT2D eigenvalue weighted by Crippen LogP contribution is 2.13. The normalized spacial score (nSPS) is 10.1. The first-order valence-corrected chi connectivity index (χ1v) is 6.51. The lowest BCUT2D eigenvalue weighted by molar-refractivity contribution is 0.294. The van der Waals surface area contributed by atoms with Crippen LogP contribution in [-0.4, -0.2) is 16.5 Å². The minimum Gasteiger partial charge on any atom is -0.473 e. The predicted molar refractivity (Wildman–Crippen MR) is 74.7 cm³/mol. The van der Waals surface area contributed by atoms with E-state index in [1.165, 1.54) is 0 Å². The third-order valence-electron chi connectivity index (χ3n) is 2.26. The molecule has 0 saturated heterocycles. The third kappa shape index (κ3) is 3.70. The summed E-state index contributed by atoms with van der Waals surface area (Å²) in [5.74, 6) is 1.16. The van der Waals surface area contributed by atoms with E-state index in [0.29, 0.717) is 18.4 Å². The molecule has 0 amide bonds. The largest absolute Gasteiger partial charge is 0.473 e. The summed E-state index contributed by atoms with van der Waals surface area (Å²) >= 11 is 3.40. The Labute approximate surface area is 115 Å². The SMILES string of the molecule is CCNc1nccc(OCc2ccc(Br)cc2)n1. The molecule has 1 aromatic heterocycles. The molecule has 1 N–H and O–H groups in total. The lowest BCUT2D eigenvalue weighted by Crippen LogP contribution is -2.03. The Kier molecular flexibility index (Phi) is 4.52. The summed E-state index contributed by atoms with van der Waals surface area (Å²) in [5, 5.41) is 3.05. The average Bonchev–Trinajstić information content (AvgIpc) is 2.39. The van der Waals surface area contributed by atoms with Crippen LogP contribution in [0.4, 0.5) is 5.95 Å². The van der Waals surface area contributed by atoms with Crippen LogP contribution in [-0.2, 0) is 6.61 Å². The van der Waals surface area contributed by atoms with Crippen LogP contribution in [0.15, 0.2) is 41.0 Å². The molecule has 0 unspecified atom stereocenters. The van der Waals surface area contributed by atoms with Crippen LogP contribution in [0.3, 0.4) is 0 Å². The van der Waals surface area contributed by atoms with Gasteiger partial charge in [0.2, 0.25) is 11.8 Å². The summed E-state index contributed by atoms with van der Waals surface area (Å²) in [5.41, 5.74) is 1.10. The zero-order valence-electron chi connectivity index (χ0n) is 10.1. The number of anilines is 1. The number of aromatic nitrogens is 2. The number of nitrogens with zero attached hydrogens (tertiary/aromatic N) is 2. The highest BCUT2D eigenvalue weighted by molar-refractivity contribution is 9.10. The summed E-state index contributed by atoms with van der Waals surface area (Å²) in [6.07, 6.45) is 1.68. The maximum absolute atomic E-state index is 5.61. The molecule has 0 bridgehead atoms. The van der Waals surface area contributed by atoms with Gasteiger partial charge in [0.15, 0.2) is 0 Å². The maximum Gasteiger partial charge on any atom is 0.225 e. The number of hydrogen-bond donors (Lipinski definition) is 1. The van der Waals surface area contributed by atoms with Gasteiger partial charge in [-0.15, -0.1) is 0 Å². The summed E-state index contributed by atoms with van der Waals surface area (Å²) in [7, 11) is 0. The fraction of sp³-hybridized carbons (Fsp3) is 0.231. The van der Waals surface area contributed by atoms with Crippen LogP contribution in [0.5, 0.6) is 5.88 Å². The second-order valence-corrected chi connectivity index (χ2v) is 4.58. The van der Waals surface area contributed by atoms with Crippen molar-refractivity contribution in [2.75, 3.05) is 11.9 Å². The molecule has 0 aliphatic heterocycles. The molecule has 2 rings (SSSR count). The first-order valence-electron chi connectivity index (χ1n) is 5.72. The number of nitrogens with one attached hydrogen (secondary N) is 1. The molecule has 0 radical (unpaired) electrons. The topological polar surface area (TPSA) is 47.0 Å². The molecule has 0 spiro atoms. The van der Waals surface area contributed by atoms with Gasteiger partial charge in [-0.25, -0.2) is 4.98 Å². The minimum absolute atomic E-state index is 0.496. The summed E-state index contributed by atoms with van der Waals surface area (Å²) < 4.78 is 6.67. The van der Waals surface area contributed by atoms with E-state index in [1.807, 2.05) is 31.2 Å². The van der Waals surface area contributed by atoms with Crippen LogP contribution in [0, 0.1) is 0 Å². The second-order valence-electron chi connectivity index (χ2n) is 3.66. The molecule has 0 aliphatic rings. The zero-order valence-corrected chi connectivity index (χ0v) is 11.6. The van der Waals surface area contributed by atoms with Gasteiger partial charge in [0.25, 0.3) is 0 Å². The van der Waals surface area contributed by atoms with E-state index in [2.05, 4.69) is 31.2 Å². The predicted octanol–water partition coefficient (Wildman–Crippen LogP) is 3.25. The van der Waals surface area contributed by atoms with Crippen LogP contribution < -0.4 is 10.1 Å². The molecule has 2 aromatic rings. The number of hydrogen-bond acceptors (Lipinski definition) is 4. The Morgan fingerprint density at radius 1 is 1.22 bits per heavy atom. The minimum atomic E-state index is 0.496. The molecular formula is C13H14BrN3O. The Hall–Kier alpha value is -1.62. The number of halogens is 1. The average molecular weight is 308 g/mol. The van der Waals surface area contributed by atoms with Gasteiger partial charge in [0.05, 0.1) is 0 Å². The summed E-state index contributed by atoms with van der Waals surface area (Å²) in [4.78, 5) is 8.33. The summed E-state index contributed by atoms with van der Waals surface area (Å²) in [6, 6.07) is 9.75. The molecule has 0 saturated carbocycles. The van der Waals surface area contributed by atoms with Crippen molar-refractivity contribution in [3.8, 4) is 5.88 Å². The summed E-state index contributed by atoms with van der Waals surface area (Å²) in [6.45, 7) is 3.28. The van der Waals surface area contributed by atoms with Gasteiger partial charge >= 0.3 is 0 Å². The zero-order chi connectivity index (χ0) is 12.8. The van der Waals surface area contributed by atoms with Crippen LogP contribution in [0.2, 0.25) is 0 Å². The van der Waals surface area contributed by atoms with Crippen LogP contribution in [0.1, 0.15) is 12.5 Å². The van der Waals surface area contributed by atoms with E-state index < -0.39 is 0 Å². The number of ether oxygens (including phenoxy) is 1. The molecule has 1 heterocycles. The molecule has 1 aromatic carbocycles. The third-order valence-corrected chi connectivity index (χ3v) is 2.79. The van der Waals surface area contributed by atoms with E-state index in [0.717, 1.165) is 16.6 Å². The smallest absolute Gasteiger partial charge is 0.225 e. The van der Waals surface area contributed by atoms with Gasteiger partial charge in [0.1, 0.15) is 6.61 Å². The first kappa shape index (κ1) is 12.8. The molecule has 0 aliphatic carbocycles. The van der Waals surface area contributed by atoms with Gasteiger partial charge in [-0.2, -0.15) is 4.98 Å². The van der Waals surface area contributed by atoms with E-state index in [9.17, 15) is 0 Å². The molecule has 94 valence electrons. The quantitative estimate of drug-likeness (QED) is 0.921. The fourth-order valence-corrected chi connectivity index (χ4v) is 1.67. The van der Waals surface area contributed by atoms with Gasteiger partial charge in [-0.3, -0.25) is 0 Å². The molecule has 5 heteroatoms. The van der Waals surface area contributed by atoms with E-state index in [4.69, 9.17) is 4.74 Å². The van der Waals surface area contributed by atoms with E-state index in [1.54, 1.807) is 12.3 Å². The van der Waals surface area contributed by atoms with Crippen molar-refractivity contribution in [2.45, 2.75) is 13.5 Å². The van der Waals surface area contributed by atoms with Gasteiger partial charge in [-0.1, -0.05) is 28.1 Å². The Morgan fingerprint density at radius 2 is 2.00 bits per heavy atom. The van der Waals surface area contributed by atoms with Gasteiger partial charge < -0.3 is 10.1 Å². The van der Waals surface area contributed by atoms with Crippen LogP contribution >= 0.6 is 15.9 Å². The Balaban J connectivity index is 1.97. The highest BCUT2D eigenvalue weighted by atomic mass is 79.9. The van der Waals surface area contributed by atoms with Crippen molar-refractivity contribution < 1.29 is 4.74 Å². The molecule has 18 heavy (non-hydrogen) atoms. The monoisotopic (exact) mass is 307 g/mol. The number of rotatable bonds is 5. The highest BCUT2D eigenvalue weighted by Gasteiger charge is 2.00. The Bertz CT molecular complexity index is 502. The van der Waals surface area contributed by atoms with Gasteiger partial charge in [-0.05, 0) is 24.6 Å². The Morgan fingerprint density at radius 3 is 2.72 bits per heavy atom.